The molecule has 1 atom stereocenters. The summed E-state index contributed by atoms with van der Waals surface area (Å²) in [4.78, 5) is 35.4. The minimum absolute atomic E-state index is 0.0137. The van der Waals surface area contributed by atoms with Crippen molar-refractivity contribution in [3.8, 4) is 0 Å². The normalized spacial score (nSPS) is 19.4. The first-order valence-corrected chi connectivity index (χ1v) is 13.3. The molecule has 8 heteroatoms. The summed E-state index contributed by atoms with van der Waals surface area (Å²) >= 11 is 3.03. The highest BCUT2D eigenvalue weighted by Gasteiger charge is 2.26. The fraction of sp³-hybridized carbons (Fsp3) is 0.542. The molecule has 0 bridgehead atoms. The molecule has 1 aliphatic heterocycles. The van der Waals surface area contributed by atoms with Crippen LogP contribution in [0.5, 0.6) is 0 Å². The van der Waals surface area contributed by atoms with Crippen molar-refractivity contribution in [1.82, 2.24) is 14.5 Å². The first-order chi connectivity index (χ1) is 15.5. The Morgan fingerprint density at radius 1 is 1.25 bits per heavy atom. The molecule has 170 valence electrons. The number of nitrogens with zero attached hydrogens (tertiary/aromatic N) is 3. The number of aryl methyl sites for hydroxylation is 1. The average Bonchev–Trinajstić information content (AvgIpc) is 3.41. The van der Waals surface area contributed by atoms with Crippen molar-refractivity contribution in [3.63, 3.8) is 0 Å². The van der Waals surface area contributed by atoms with Crippen molar-refractivity contribution in [2.45, 2.75) is 57.7 Å². The lowest BCUT2D eigenvalue weighted by molar-refractivity contribution is -0.129. The monoisotopic (exact) mass is 471 g/mol. The summed E-state index contributed by atoms with van der Waals surface area (Å²) in [6.45, 7) is 6.48. The van der Waals surface area contributed by atoms with Gasteiger partial charge >= 0.3 is 0 Å². The Morgan fingerprint density at radius 3 is 2.81 bits per heavy atom. The lowest BCUT2D eigenvalue weighted by atomic mass is 9.89. The number of thioether (sulfide) groups is 1. The van der Waals surface area contributed by atoms with E-state index < -0.39 is 0 Å². The third-order valence-electron chi connectivity index (χ3n) is 6.74. The van der Waals surface area contributed by atoms with Gasteiger partial charge in [-0.1, -0.05) is 25.6 Å². The Bertz CT molecular complexity index is 1170. The van der Waals surface area contributed by atoms with Crippen molar-refractivity contribution in [2.24, 2.45) is 11.8 Å². The number of carbonyl (C=O) groups excluding carboxylic acids is 1. The summed E-state index contributed by atoms with van der Waals surface area (Å²) in [5, 5.41) is 1.37. The van der Waals surface area contributed by atoms with Gasteiger partial charge in [0.1, 0.15) is 10.6 Å². The van der Waals surface area contributed by atoms with Crippen molar-refractivity contribution in [3.05, 3.63) is 45.0 Å². The first kappa shape index (κ1) is 21.8. The van der Waals surface area contributed by atoms with Crippen LogP contribution in [0.3, 0.4) is 0 Å². The summed E-state index contributed by atoms with van der Waals surface area (Å²) < 4.78 is 7.23. The molecule has 32 heavy (non-hydrogen) atoms. The van der Waals surface area contributed by atoms with E-state index in [2.05, 4.69) is 13.8 Å². The molecule has 2 aliphatic rings. The van der Waals surface area contributed by atoms with Crippen LogP contribution in [0.1, 0.15) is 49.3 Å². The molecule has 0 N–H and O–H groups in total. The topological polar surface area (TPSA) is 68.3 Å². The highest BCUT2D eigenvalue weighted by atomic mass is 32.2. The highest BCUT2D eigenvalue weighted by molar-refractivity contribution is 7.99. The second-order valence-electron chi connectivity index (χ2n) is 9.25. The van der Waals surface area contributed by atoms with Crippen LogP contribution in [-0.4, -0.2) is 39.2 Å². The molecule has 1 saturated heterocycles. The van der Waals surface area contributed by atoms with E-state index in [-0.39, 0.29) is 11.5 Å². The van der Waals surface area contributed by atoms with Crippen LogP contribution < -0.4 is 5.56 Å². The van der Waals surface area contributed by atoms with Crippen LogP contribution >= 0.6 is 23.1 Å². The number of carbonyl (C=O) groups is 1. The predicted molar refractivity (Wildman–Crippen MR) is 129 cm³/mol. The van der Waals surface area contributed by atoms with E-state index in [1.165, 1.54) is 22.2 Å². The maximum absolute atomic E-state index is 13.7. The number of rotatable bonds is 5. The van der Waals surface area contributed by atoms with Crippen LogP contribution in [0.25, 0.3) is 10.2 Å². The zero-order chi connectivity index (χ0) is 22.2. The molecule has 3 aromatic rings. The molecule has 0 radical (unpaired) electrons. The Kier molecular flexibility index (Phi) is 6.16. The van der Waals surface area contributed by atoms with Crippen LogP contribution in [0.4, 0.5) is 0 Å². The fourth-order valence-electron chi connectivity index (χ4n) is 4.69. The minimum Gasteiger partial charge on any atom is -0.467 e. The number of piperidine rings is 1. The molecule has 6 nitrogen and oxygen atoms in total. The van der Waals surface area contributed by atoms with Gasteiger partial charge in [-0.3, -0.25) is 14.2 Å². The van der Waals surface area contributed by atoms with Gasteiger partial charge in [0.25, 0.3) is 5.56 Å². The molecule has 4 heterocycles. The molecule has 0 saturated carbocycles. The molecule has 0 aromatic carbocycles. The SMILES string of the molecule is CC1CCN(C(=O)CSc2nc3sc4c(c3c(=O)n2Cc2ccco2)CCC(C)C4)CC1. The summed E-state index contributed by atoms with van der Waals surface area (Å²) in [7, 11) is 0. The van der Waals surface area contributed by atoms with Gasteiger partial charge in [-0.05, 0) is 61.6 Å². The number of amides is 1. The van der Waals surface area contributed by atoms with E-state index in [0.29, 0.717) is 35.1 Å². The summed E-state index contributed by atoms with van der Waals surface area (Å²) in [5.74, 6) is 2.46. The van der Waals surface area contributed by atoms with Crippen molar-refractivity contribution in [1.29, 1.82) is 0 Å². The third kappa shape index (κ3) is 4.27. The highest BCUT2D eigenvalue weighted by Crippen LogP contribution is 2.36. The summed E-state index contributed by atoms with van der Waals surface area (Å²) in [6.07, 6.45) is 6.80. The third-order valence-corrected chi connectivity index (χ3v) is 8.84. The summed E-state index contributed by atoms with van der Waals surface area (Å²) in [6, 6.07) is 3.70. The van der Waals surface area contributed by atoms with Gasteiger partial charge in [-0.2, -0.15) is 0 Å². The molecule has 1 aliphatic carbocycles. The Balaban J connectivity index is 1.47. The Morgan fingerprint density at radius 2 is 2.06 bits per heavy atom. The molecular formula is C24H29N3O3S2. The van der Waals surface area contributed by atoms with E-state index >= 15 is 0 Å². The largest absolute Gasteiger partial charge is 0.467 e. The molecule has 1 amide bonds. The van der Waals surface area contributed by atoms with Gasteiger partial charge in [0, 0.05) is 18.0 Å². The quantitative estimate of drug-likeness (QED) is 0.403. The van der Waals surface area contributed by atoms with Crippen molar-refractivity contribution >= 4 is 39.2 Å². The van der Waals surface area contributed by atoms with Gasteiger partial charge < -0.3 is 9.32 Å². The average molecular weight is 472 g/mol. The standard InChI is InChI=1S/C24H29N3O3S2/c1-15-7-9-26(10-8-15)20(28)14-31-24-25-22-21(18-6-5-16(2)12-19(18)32-22)23(29)27(24)13-17-4-3-11-30-17/h3-4,11,15-16H,5-10,12-14H2,1-2H3. The second kappa shape index (κ2) is 9.06. The number of aromatic nitrogens is 2. The van der Waals surface area contributed by atoms with Crippen molar-refractivity contribution in [2.75, 3.05) is 18.8 Å². The fourth-order valence-corrected chi connectivity index (χ4v) is 7.01. The van der Waals surface area contributed by atoms with E-state index in [9.17, 15) is 9.59 Å². The number of hydrogen-bond donors (Lipinski definition) is 0. The molecule has 1 unspecified atom stereocenters. The van der Waals surface area contributed by atoms with E-state index in [0.717, 1.165) is 55.4 Å². The Labute approximate surface area is 196 Å². The molecule has 1 fully saturated rings. The molecule has 0 spiro atoms. The molecule has 3 aromatic heterocycles. The molecule has 5 rings (SSSR count). The van der Waals surface area contributed by atoms with Crippen LogP contribution in [0.15, 0.2) is 32.8 Å². The second-order valence-corrected chi connectivity index (χ2v) is 11.3. The minimum atomic E-state index is -0.0137. The van der Waals surface area contributed by atoms with Gasteiger partial charge in [-0.15, -0.1) is 11.3 Å². The molecular weight excluding hydrogens is 442 g/mol. The van der Waals surface area contributed by atoms with Crippen LogP contribution in [-0.2, 0) is 24.2 Å². The number of likely N-dealkylation sites (tertiary alicyclic amines) is 1. The maximum atomic E-state index is 13.7. The van der Waals surface area contributed by atoms with Crippen LogP contribution in [0.2, 0.25) is 0 Å². The van der Waals surface area contributed by atoms with E-state index in [1.54, 1.807) is 22.2 Å². The number of hydrogen-bond acceptors (Lipinski definition) is 6. The predicted octanol–water partition coefficient (Wildman–Crippen LogP) is 4.57. The lowest BCUT2D eigenvalue weighted by Crippen LogP contribution is -2.39. The van der Waals surface area contributed by atoms with Gasteiger partial charge in [-0.25, -0.2) is 4.98 Å². The van der Waals surface area contributed by atoms with E-state index in [4.69, 9.17) is 9.40 Å². The van der Waals surface area contributed by atoms with Gasteiger partial charge in [0.05, 0.1) is 23.9 Å². The zero-order valence-corrected chi connectivity index (χ0v) is 20.3. The first-order valence-electron chi connectivity index (χ1n) is 11.5. The van der Waals surface area contributed by atoms with Gasteiger partial charge in [0.15, 0.2) is 5.16 Å². The number of thiophene rings is 1. The Hall–Kier alpha value is -2.06. The summed E-state index contributed by atoms with van der Waals surface area (Å²) in [5.41, 5.74) is 1.17. The zero-order valence-electron chi connectivity index (χ0n) is 18.6. The number of fused-ring (bicyclic) bond motifs is 3. The lowest BCUT2D eigenvalue weighted by Gasteiger charge is -2.30. The van der Waals surface area contributed by atoms with Crippen molar-refractivity contribution < 1.29 is 9.21 Å². The smallest absolute Gasteiger partial charge is 0.263 e. The van der Waals surface area contributed by atoms with Crippen LogP contribution in [0, 0.1) is 11.8 Å². The number of furan rings is 1. The maximum Gasteiger partial charge on any atom is 0.263 e. The van der Waals surface area contributed by atoms with Gasteiger partial charge in [0.2, 0.25) is 5.91 Å². The van der Waals surface area contributed by atoms with E-state index in [1.807, 2.05) is 17.0 Å².